The largest absolute Gasteiger partial charge is 0.497 e. The second-order valence-corrected chi connectivity index (χ2v) is 5.65. The Kier molecular flexibility index (Phi) is 3.65. The SMILES string of the molecule is COc1cc(OC)cc(-c2nc(-c3ccc(C)o3)nc3[nH]ccc23)c1. The number of methoxy groups -OCH3 is 2. The van der Waals surface area contributed by atoms with E-state index in [1.54, 1.807) is 14.2 Å². The van der Waals surface area contributed by atoms with Gasteiger partial charge in [0.05, 0.1) is 19.9 Å². The Morgan fingerprint density at radius 3 is 2.36 bits per heavy atom. The Labute approximate surface area is 144 Å². The number of hydrogen-bond donors (Lipinski definition) is 1. The van der Waals surface area contributed by atoms with Crippen LogP contribution in [-0.4, -0.2) is 29.2 Å². The normalized spacial score (nSPS) is 11.0. The number of ether oxygens (including phenoxy) is 2. The van der Waals surface area contributed by atoms with Crippen LogP contribution in [0, 0.1) is 6.92 Å². The van der Waals surface area contributed by atoms with Crippen molar-refractivity contribution in [1.82, 2.24) is 15.0 Å². The zero-order chi connectivity index (χ0) is 17.4. The van der Waals surface area contributed by atoms with Crippen LogP contribution in [0.2, 0.25) is 0 Å². The van der Waals surface area contributed by atoms with E-state index in [0.29, 0.717) is 23.1 Å². The molecule has 6 nitrogen and oxygen atoms in total. The molecule has 4 rings (SSSR count). The van der Waals surface area contributed by atoms with Gasteiger partial charge in [0, 0.05) is 23.2 Å². The average Bonchev–Trinajstić information content (AvgIpc) is 3.28. The highest BCUT2D eigenvalue weighted by molar-refractivity contribution is 5.92. The number of fused-ring (bicyclic) bond motifs is 1. The maximum Gasteiger partial charge on any atom is 0.198 e. The van der Waals surface area contributed by atoms with Crippen LogP contribution in [0.15, 0.2) is 47.0 Å². The third kappa shape index (κ3) is 2.71. The van der Waals surface area contributed by atoms with Crippen LogP contribution in [0.3, 0.4) is 0 Å². The number of nitrogens with one attached hydrogen (secondary N) is 1. The molecule has 0 atom stereocenters. The fourth-order valence-corrected chi connectivity index (χ4v) is 2.77. The van der Waals surface area contributed by atoms with Gasteiger partial charge in [-0.05, 0) is 37.3 Å². The van der Waals surface area contributed by atoms with Crippen LogP contribution >= 0.6 is 0 Å². The van der Waals surface area contributed by atoms with Gasteiger partial charge >= 0.3 is 0 Å². The Hall–Kier alpha value is -3.28. The molecule has 0 aliphatic rings. The summed E-state index contributed by atoms with van der Waals surface area (Å²) in [6.45, 7) is 1.89. The topological polar surface area (TPSA) is 73.2 Å². The van der Waals surface area contributed by atoms with Gasteiger partial charge in [-0.2, -0.15) is 0 Å². The fourth-order valence-electron chi connectivity index (χ4n) is 2.77. The lowest BCUT2D eigenvalue weighted by molar-refractivity contribution is 0.394. The molecular formula is C19H17N3O3. The quantitative estimate of drug-likeness (QED) is 0.605. The summed E-state index contributed by atoms with van der Waals surface area (Å²) < 4.78 is 16.4. The number of rotatable bonds is 4. The van der Waals surface area contributed by atoms with E-state index in [4.69, 9.17) is 18.9 Å². The highest BCUT2D eigenvalue weighted by Crippen LogP contribution is 2.33. The number of H-pyrrole nitrogens is 1. The Morgan fingerprint density at radius 1 is 0.960 bits per heavy atom. The zero-order valence-electron chi connectivity index (χ0n) is 14.2. The van der Waals surface area contributed by atoms with E-state index in [1.807, 2.05) is 49.5 Å². The lowest BCUT2D eigenvalue weighted by Crippen LogP contribution is -1.95. The molecule has 126 valence electrons. The van der Waals surface area contributed by atoms with Crippen LogP contribution in [0.1, 0.15) is 5.76 Å². The lowest BCUT2D eigenvalue weighted by atomic mass is 10.1. The number of aromatic amines is 1. The van der Waals surface area contributed by atoms with E-state index in [-0.39, 0.29) is 0 Å². The van der Waals surface area contributed by atoms with Gasteiger partial charge in [-0.3, -0.25) is 0 Å². The molecule has 1 N–H and O–H groups in total. The van der Waals surface area contributed by atoms with Gasteiger partial charge in [-0.25, -0.2) is 9.97 Å². The van der Waals surface area contributed by atoms with Gasteiger partial charge in [0.15, 0.2) is 11.6 Å². The van der Waals surface area contributed by atoms with Crippen molar-refractivity contribution < 1.29 is 13.9 Å². The van der Waals surface area contributed by atoms with Crippen LogP contribution in [0.25, 0.3) is 33.9 Å². The summed E-state index contributed by atoms with van der Waals surface area (Å²) in [7, 11) is 3.25. The molecule has 1 aromatic carbocycles. The second kappa shape index (κ2) is 5.98. The van der Waals surface area contributed by atoms with E-state index >= 15 is 0 Å². The first-order chi connectivity index (χ1) is 12.2. The molecule has 0 saturated carbocycles. The number of aryl methyl sites for hydroxylation is 1. The molecule has 0 aliphatic heterocycles. The number of benzene rings is 1. The van der Waals surface area contributed by atoms with Gasteiger partial charge in [0.25, 0.3) is 0 Å². The Balaban J connectivity index is 1.96. The molecular weight excluding hydrogens is 318 g/mol. The van der Waals surface area contributed by atoms with Crippen molar-refractivity contribution in [2.24, 2.45) is 0 Å². The molecule has 0 spiro atoms. The molecule has 4 aromatic rings. The van der Waals surface area contributed by atoms with Gasteiger partial charge in [0.2, 0.25) is 0 Å². The van der Waals surface area contributed by atoms with Crippen molar-refractivity contribution in [3.05, 3.63) is 48.4 Å². The van der Waals surface area contributed by atoms with Crippen molar-refractivity contribution in [1.29, 1.82) is 0 Å². The predicted molar refractivity (Wildman–Crippen MR) is 94.9 cm³/mol. The summed E-state index contributed by atoms with van der Waals surface area (Å²) in [5.74, 6) is 3.37. The lowest BCUT2D eigenvalue weighted by Gasteiger charge is -2.10. The molecule has 0 unspecified atom stereocenters. The van der Waals surface area contributed by atoms with E-state index in [2.05, 4.69) is 9.97 Å². The summed E-state index contributed by atoms with van der Waals surface area (Å²) in [5, 5.41) is 0.919. The number of hydrogen-bond acceptors (Lipinski definition) is 5. The van der Waals surface area contributed by atoms with Gasteiger partial charge < -0.3 is 18.9 Å². The highest BCUT2D eigenvalue weighted by atomic mass is 16.5. The summed E-state index contributed by atoms with van der Waals surface area (Å²) >= 11 is 0. The fraction of sp³-hybridized carbons (Fsp3) is 0.158. The summed E-state index contributed by atoms with van der Waals surface area (Å²) in [6.07, 6.45) is 1.84. The second-order valence-electron chi connectivity index (χ2n) is 5.65. The molecule has 0 amide bonds. The summed E-state index contributed by atoms with van der Waals surface area (Å²) in [6, 6.07) is 11.4. The van der Waals surface area contributed by atoms with Crippen LogP contribution in [0.5, 0.6) is 11.5 Å². The van der Waals surface area contributed by atoms with Crippen molar-refractivity contribution in [3.63, 3.8) is 0 Å². The summed E-state index contributed by atoms with van der Waals surface area (Å²) in [4.78, 5) is 12.5. The van der Waals surface area contributed by atoms with Crippen LogP contribution in [0.4, 0.5) is 0 Å². The smallest absolute Gasteiger partial charge is 0.198 e. The number of aromatic nitrogens is 3. The molecule has 0 saturated heterocycles. The van der Waals surface area contributed by atoms with Crippen LogP contribution in [-0.2, 0) is 0 Å². The van der Waals surface area contributed by atoms with E-state index in [1.165, 1.54) is 0 Å². The van der Waals surface area contributed by atoms with Crippen molar-refractivity contribution in [2.45, 2.75) is 6.92 Å². The standard InChI is InChI=1S/C19H17N3O3/c1-11-4-5-16(25-11)19-21-17(15-6-7-20-18(15)22-19)12-8-13(23-2)10-14(9-12)24-3/h4-10H,1-3H3,(H,20,21,22). The Morgan fingerprint density at radius 2 is 1.72 bits per heavy atom. The van der Waals surface area contributed by atoms with Crippen molar-refractivity contribution in [2.75, 3.05) is 14.2 Å². The Bertz CT molecular complexity index is 1030. The van der Waals surface area contributed by atoms with Gasteiger partial charge in [-0.1, -0.05) is 0 Å². The first-order valence-electron chi connectivity index (χ1n) is 7.83. The van der Waals surface area contributed by atoms with E-state index in [0.717, 1.165) is 28.1 Å². The highest BCUT2D eigenvalue weighted by Gasteiger charge is 2.15. The number of furan rings is 1. The molecule has 0 bridgehead atoms. The molecule has 3 aromatic heterocycles. The molecule has 0 radical (unpaired) electrons. The minimum absolute atomic E-state index is 0.528. The monoisotopic (exact) mass is 335 g/mol. The average molecular weight is 335 g/mol. The zero-order valence-corrected chi connectivity index (χ0v) is 14.2. The summed E-state index contributed by atoms with van der Waals surface area (Å²) in [5.41, 5.74) is 2.41. The van der Waals surface area contributed by atoms with E-state index < -0.39 is 0 Å². The maximum absolute atomic E-state index is 5.69. The van der Waals surface area contributed by atoms with Gasteiger partial charge in [-0.15, -0.1) is 0 Å². The first-order valence-corrected chi connectivity index (χ1v) is 7.83. The molecule has 6 heteroatoms. The van der Waals surface area contributed by atoms with Crippen molar-refractivity contribution in [3.8, 4) is 34.3 Å². The first kappa shape index (κ1) is 15.3. The predicted octanol–water partition coefficient (Wildman–Crippen LogP) is 4.21. The minimum atomic E-state index is 0.528. The number of nitrogens with zero attached hydrogens (tertiary/aromatic N) is 2. The molecule has 0 fully saturated rings. The third-order valence-corrected chi connectivity index (χ3v) is 4.00. The van der Waals surface area contributed by atoms with Crippen molar-refractivity contribution >= 4 is 11.0 Å². The molecule has 3 heterocycles. The molecule has 25 heavy (non-hydrogen) atoms. The molecule has 0 aliphatic carbocycles. The van der Waals surface area contributed by atoms with E-state index in [9.17, 15) is 0 Å². The van der Waals surface area contributed by atoms with Gasteiger partial charge in [0.1, 0.15) is 22.9 Å². The maximum atomic E-state index is 5.69. The van der Waals surface area contributed by atoms with Crippen LogP contribution < -0.4 is 9.47 Å². The minimum Gasteiger partial charge on any atom is -0.497 e. The third-order valence-electron chi connectivity index (χ3n) is 4.00.